The van der Waals surface area contributed by atoms with Gasteiger partial charge in [0.15, 0.2) is 0 Å². The number of aromatic nitrogens is 1. The highest BCUT2D eigenvalue weighted by Gasteiger charge is 2.37. The number of benzene rings is 1. The number of carbonyl (C=O) groups excluding carboxylic acids is 1. The number of hydrogen-bond donors (Lipinski definition) is 2. The van der Waals surface area contributed by atoms with Gasteiger partial charge < -0.3 is 10.4 Å². The fraction of sp³-hybridized carbons (Fsp3) is 0.278. The van der Waals surface area contributed by atoms with Gasteiger partial charge >= 0.3 is 18.3 Å². The van der Waals surface area contributed by atoms with Crippen molar-refractivity contribution in [1.29, 1.82) is 0 Å². The minimum atomic E-state index is -5.06. The lowest BCUT2D eigenvalue weighted by molar-refractivity contribution is -0.143. The van der Waals surface area contributed by atoms with E-state index >= 15 is 0 Å². The standard InChI is InChI=1S/C18H13ClF6N2O3/c19-14-2-1-9(8-26-14)5-13(16(29)30)27-15(28)6-10-3-11(17(20,21)22)7-12(4-10)18(23,24)25/h1-4,7-8,13H,5-6H2,(H,27,28)(H,29,30)/t13-/m1/s1. The Balaban J connectivity index is 2.20. The maximum absolute atomic E-state index is 12.9. The van der Waals surface area contributed by atoms with Gasteiger partial charge in [0.25, 0.3) is 0 Å². The number of carboxylic acid groups (broad SMARTS) is 1. The first-order valence-corrected chi connectivity index (χ1v) is 8.54. The predicted molar refractivity (Wildman–Crippen MR) is 92.7 cm³/mol. The molecule has 30 heavy (non-hydrogen) atoms. The Bertz CT molecular complexity index is 897. The van der Waals surface area contributed by atoms with Gasteiger partial charge in [0.1, 0.15) is 11.2 Å². The molecule has 0 fully saturated rings. The summed E-state index contributed by atoms with van der Waals surface area (Å²) < 4.78 is 77.4. The minimum absolute atomic E-state index is 0.0605. The lowest BCUT2D eigenvalue weighted by atomic mass is 10.0. The average Bonchev–Trinajstić information content (AvgIpc) is 2.61. The van der Waals surface area contributed by atoms with Gasteiger partial charge in [-0.2, -0.15) is 26.3 Å². The van der Waals surface area contributed by atoms with E-state index in [-0.39, 0.29) is 17.6 Å². The summed E-state index contributed by atoms with van der Waals surface area (Å²) in [7, 11) is 0. The Morgan fingerprint density at radius 2 is 1.57 bits per heavy atom. The van der Waals surface area contributed by atoms with Crippen LogP contribution in [0.5, 0.6) is 0 Å². The third kappa shape index (κ3) is 6.61. The van der Waals surface area contributed by atoms with Crippen molar-refractivity contribution in [3.05, 3.63) is 63.9 Å². The number of nitrogens with one attached hydrogen (secondary N) is 1. The Labute approximate surface area is 170 Å². The molecule has 1 aromatic carbocycles. The van der Waals surface area contributed by atoms with Crippen molar-refractivity contribution in [2.45, 2.75) is 31.2 Å². The fourth-order valence-corrected chi connectivity index (χ4v) is 2.63. The van der Waals surface area contributed by atoms with Gasteiger partial charge in [0, 0.05) is 12.6 Å². The molecule has 0 aliphatic heterocycles. The van der Waals surface area contributed by atoms with Crippen LogP contribution < -0.4 is 5.32 Å². The van der Waals surface area contributed by atoms with Crippen LogP contribution in [0, 0.1) is 0 Å². The maximum atomic E-state index is 12.9. The van der Waals surface area contributed by atoms with E-state index < -0.39 is 53.4 Å². The van der Waals surface area contributed by atoms with Gasteiger partial charge in [-0.05, 0) is 35.4 Å². The van der Waals surface area contributed by atoms with Gasteiger partial charge in [-0.25, -0.2) is 9.78 Å². The molecule has 2 N–H and O–H groups in total. The number of carboxylic acids is 1. The molecule has 1 amide bonds. The first-order chi connectivity index (χ1) is 13.8. The van der Waals surface area contributed by atoms with E-state index in [1.807, 2.05) is 0 Å². The monoisotopic (exact) mass is 454 g/mol. The molecule has 1 aromatic heterocycles. The smallest absolute Gasteiger partial charge is 0.416 e. The summed E-state index contributed by atoms with van der Waals surface area (Å²) in [5.41, 5.74) is -3.30. The predicted octanol–water partition coefficient (Wildman–Crippen LogP) is 4.13. The van der Waals surface area contributed by atoms with Gasteiger partial charge in [0.2, 0.25) is 5.91 Å². The SMILES string of the molecule is O=C(Cc1cc(C(F)(F)F)cc(C(F)(F)F)c1)N[C@H](Cc1ccc(Cl)nc1)C(=O)O. The third-order valence-electron chi connectivity index (χ3n) is 3.87. The highest BCUT2D eigenvalue weighted by Crippen LogP contribution is 2.36. The van der Waals surface area contributed by atoms with Crippen molar-refractivity contribution >= 4 is 23.5 Å². The van der Waals surface area contributed by atoms with Crippen molar-refractivity contribution in [1.82, 2.24) is 10.3 Å². The van der Waals surface area contributed by atoms with Crippen molar-refractivity contribution in [3.63, 3.8) is 0 Å². The third-order valence-corrected chi connectivity index (χ3v) is 4.10. The quantitative estimate of drug-likeness (QED) is 0.508. The molecule has 5 nitrogen and oxygen atoms in total. The van der Waals surface area contributed by atoms with Crippen molar-refractivity contribution < 1.29 is 41.0 Å². The molecule has 0 spiro atoms. The number of rotatable bonds is 6. The molecule has 2 aromatic rings. The number of alkyl halides is 6. The zero-order valence-corrected chi connectivity index (χ0v) is 15.6. The first-order valence-electron chi connectivity index (χ1n) is 8.16. The van der Waals surface area contributed by atoms with Crippen molar-refractivity contribution in [2.24, 2.45) is 0 Å². The van der Waals surface area contributed by atoms with Crippen LogP contribution in [-0.2, 0) is 34.8 Å². The van der Waals surface area contributed by atoms with Crippen LogP contribution in [-0.4, -0.2) is 28.0 Å². The zero-order chi connectivity index (χ0) is 22.7. The highest BCUT2D eigenvalue weighted by molar-refractivity contribution is 6.29. The molecule has 0 unspecified atom stereocenters. The molecule has 0 aliphatic rings. The summed E-state index contributed by atoms with van der Waals surface area (Å²) >= 11 is 5.62. The topological polar surface area (TPSA) is 79.3 Å². The summed E-state index contributed by atoms with van der Waals surface area (Å²) in [5.74, 6) is -2.50. The van der Waals surface area contributed by atoms with E-state index in [0.29, 0.717) is 17.7 Å². The number of halogens is 7. The molecule has 0 saturated carbocycles. The normalized spacial score (nSPS) is 13.0. The molecule has 12 heteroatoms. The molecular formula is C18H13ClF6N2O3. The number of amides is 1. The molecule has 0 aliphatic carbocycles. The van der Waals surface area contributed by atoms with Gasteiger partial charge in [0.05, 0.1) is 17.5 Å². The average molecular weight is 455 g/mol. The number of pyridine rings is 1. The van der Waals surface area contributed by atoms with Crippen LogP contribution in [0.1, 0.15) is 22.3 Å². The molecule has 1 atom stereocenters. The van der Waals surface area contributed by atoms with E-state index in [4.69, 9.17) is 11.6 Å². The molecule has 0 bridgehead atoms. The van der Waals surface area contributed by atoms with Crippen LogP contribution in [0.3, 0.4) is 0 Å². The number of carbonyl (C=O) groups is 2. The Morgan fingerprint density at radius 3 is 2.00 bits per heavy atom. The largest absolute Gasteiger partial charge is 0.480 e. The van der Waals surface area contributed by atoms with Crippen molar-refractivity contribution in [2.75, 3.05) is 0 Å². The summed E-state index contributed by atoms with van der Waals surface area (Å²) in [4.78, 5) is 27.2. The summed E-state index contributed by atoms with van der Waals surface area (Å²) in [6.45, 7) is 0. The molecule has 1 heterocycles. The lowest BCUT2D eigenvalue weighted by Gasteiger charge is -2.16. The van der Waals surface area contributed by atoms with Crippen molar-refractivity contribution in [3.8, 4) is 0 Å². The number of hydrogen-bond acceptors (Lipinski definition) is 3. The number of nitrogens with zero attached hydrogens (tertiary/aromatic N) is 1. The van der Waals surface area contributed by atoms with E-state index in [2.05, 4.69) is 10.3 Å². The second-order valence-corrected chi connectivity index (χ2v) is 6.63. The van der Waals surface area contributed by atoms with Crippen LogP contribution in [0.2, 0.25) is 5.15 Å². The van der Waals surface area contributed by atoms with Gasteiger partial charge in [-0.1, -0.05) is 17.7 Å². The summed E-state index contributed by atoms with van der Waals surface area (Å²) in [6.07, 6.45) is -9.94. The van der Waals surface area contributed by atoms with E-state index in [9.17, 15) is 41.0 Å². The molecule has 0 saturated heterocycles. The van der Waals surface area contributed by atoms with Crippen LogP contribution in [0.4, 0.5) is 26.3 Å². The second kappa shape index (κ2) is 8.90. The van der Waals surface area contributed by atoms with Gasteiger partial charge in [-0.15, -0.1) is 0 Å². The Morgan fingerprint density at radius 1 is 1.00 bits per heavy atom. The Hall–Kier alpha value is -2.82. The lowest BCUT2D eigenvalue weighted by Crippen LogP contribution is -2.43. The first kappa shape index (κ1) is 23.5. The van der Waals surface area contributed by atoms with Crippen LogP contribution in [0.25, 0.3) is 0 Å². The molecular weight excluding hydrogens is 442 g/mol. The second-order valence-electron chi connectivity index (χ2n) is 6.24. The zero-order valence-electron chi connectivity index (χ0n) is 14.8. The van der Waals surface area contributed by atoms with E-state index in [0.717, 1.165) is 0 Å². The minimum Gasteiger partial charge on any atom is -0.480 e. The molecule has 0 radical (unpaired) electrons. The molecule has 2 rings (SSSR count). The maximum Gasteiger partial charge on any atom is 0.416 e. The van der Waals surface area contributed by atoms with E-state index in [1.54, 1.807) is 0 Å². The Kier molecular flexibility index (Phi) is 6.96. The van der Waals surface area contributed by atoms with Gasteiger partial charge in [-0.3, -0.25) is 4.79 Å². The highest BCUT2D eigenvalue weighted by atomic mass is 35.5. The summed E-state index contributed by atoms with van der Waals surface area (Å²) in [5, 5.41) is 11.5. The fourth-order valence-electron chi connectivity index (χ4n) is 2.52. The van der Waals surface area contributed by atoms with E-state index in [1.165, 1.54) is 18.3 Å². The summed E-state index contributed by atoms with van der Waals surface area (Å²) in [6, 6.07) is 2.13. The van der Waals surface area contributed by atoms with Crippen LogP contribution in [0.15, 0.2) is 36.5 Å². The molecule has 162 valence electrons. The van der Waals surface area contributed by atoms with Crippen LogP contribution >= 0.6 is 11.6 Å². The number of aliphatic carboxylic acids is 1.